The number of rotatable bonds is 7. The maximum Gasteiger partial charge on any atom is 0.314 e. The molecule has 2 amide bonds. The van der Waals surface area contributed by atoms with Gasteiger partial charge in [-0.3, -0.25) is 14.4 Å². The van der Waals surface area contributed by atoms with Crippen LogP contribution in [0.15, 0.2) is 43.0 Å². The number of hydrogen-bond acceptors (Lipinski definition) is 3. The highest BCUT2D eigenvalue weighted by Crippen LogP contribution is 2.43. The van der Waals surface area contributed by atoms with Crippen molar-refractivity contribution in [2.45, 2.75) is 19.3 Å². The maximum absolute atomic E-state index is 12.5. The lowest BCUT2D eigenvalue weighted by Crippen LogP contribution is -2.42. The van der Waals surface area contributed by atoms with Crippen LogP contribution >= 0.6 is 0 Å². The summed E-state index contributed by atoms with van der Waals surface area (Å²) in [6, 6.07) is 9.94. The number of nitrogens with zero attached hydrogens (tertiary/aromatic N) is 2. The van der Waals surface area contributed by atoms with Gasteiger partial charge in [-0.15, -0.1) is 6.58 Å². The molecule has 138 valence electrons. The summed E-state index contributed by atoms with van der Waals surface area (Å²) >= 11 is 0. The van der Waals surface area contributed by atoms with Crippen LogP contribution in [0.25, 0.3) is 0 Å². The van der Waals surface area contributed by atoms with E-state index >= 15 is 0 Å². The minimum absolute atomic E-state index is 0.0703. The molecular weight excluding hydrogens is 332 g/mol. The van der Waals surface area contributed by atoms with E-state index in [0.29, 0.717) is 19.4 Å². The fourth-order valence-electron chi connectivity index (χ4n) is 4.06. The average Bonchev–Trinajstić information content (AvgIpc) is 3.13. The Morgan fingerprint density at radius 2 is 2.00 bits per heavy atom. The van der Waals surface area contributed by atoms with Gasteiger partial charge in [-0.25, -0.2) is 0 Å². The molecule has 2 atom stereocenters. The van der Waals surface area contributed by atoms with Gasteiger partial charge in [0.25, 0.3) is 0 Å². The summed E-state index contributed by atoms with van der Waals surface area (Å²) in [6.45, 7) is 4.41. The normalized spacial score (nSPS) is 24.6. The predicted molar refractivity (Wildman–Crippen MR) is 96.3 cm³/mol. The fraction of sp³-hybridized carbons (Fsp3) is 0.450. The topological polar surface area (TPSA) is 77.9 Å². The van der Waals surface area contributed by atoms with Crippen molar-refractivity contribution in [3.8, 4) is 0 Å². The molecule has 3 rings (SSSR count). The van der Waals surface area contributed by atoms with Crippen LogP contribution in [0.5, 0.6) is 0 Å². The number of aryl methyl sites for hydroxylation is 1. The molecule has 2 fully saturated rings. The summed E-state index contributed by atoms with van der Waals surface area (Å²) in [6.07, 6.45) is 3.48. The molecule has 0 aliphatic carbocycles. The highest BCUT2D eigenvalue weighted by atomic mass is 16.4. The highest BCUT2D eigenvalue weighted by Gasteiger charge is 2.62. The number of carboxylic acid groups (broad SMARTS) is 1. The molecule has 1 aromatic carbocycles. The summed E-state index contributed by atoms with van der Waals surface area (Å²) in [5, 5.41) is 9.76. The Morgan fingerprint density at radius 3 is 2.62 bits per heavy atom. The Balaban J connectivity index is 1.61. The molecule has 1 N–H and O–H groups in total. The molecule has 6 nitrogen and oxygen atoms in total. The molecule has 2 saturated heterocycles. The van der Waals surface area contributed by atoms with Crippen molar-refractivity contribution in [1.29, 1.82) is 0 Å². The first-order chi connectivity index (χ1) is 12.5. The Morgan fingerprint density at radius 1 is 1.27 bits per heavy atom. The second-order valence-corrected chi connectivity index (χ2v) is 7.13. The Hall–Kier alpha value is -2.63. The van der Waals surface area contributed by atoms with Gasteiger partial charge in [0, 0.05) is 32.6 Å². The van der Waals surface area contributed by atoms with E-state index in [1.54, 1.807) is 11.0 Å². The van der Waals surface area contributed by atoms with Crippen molar-refractivity contribution in [2.75, 3.05) is 26.2 Å². The number of fused-ring (bicyclic) bond motifs is 1. The number of hydrogen-bond donors (Lipinski definition) is 1. The molecule has 2 aliphatic heterocycles. The third-order valence-corrected chi connectivity index (χ3v) is 5.45. The van der Waals surface area contributed by atoms with E-state index in [4.69, 9.17) is 0 Å². The zero-order valence-corrected chi connectivity index (χ0v) is 14.8. The van der Waals surface area contributed by atoms with Crippen molar-refractivity contribution >= 4 is 17.8 Å². The quantitative estimate of drug-likeness (QED) is 0.752. The molecule has 26 heavy (non-hydrogen) atoms. The van der Waals surface area contributed by atoms with Gasteiger partial charge in [-0.1, -0.05) is 36.4 Å². The summed E-state index contributed by atoms with van der Waals surface area (Å²) in [7, 11) is 0. The van der Waals surface area contributed by atoms with Crippen LogP contribution in [-0.4, -0.2) is 58.9 Å². The van der Waals surface area contributed by atoms with Gasteiger partial charge >= 0.3 is 5.97 Å². The van der Waals surface area contributed by atoms with Gasteiger partial charge < -0.3 is 14.9 Å². The molecule has 2 aliphatic rings. The molecule has 0 radical (unpaired) electrons. The van der Waals surface area contributed by atoms with Gasteiger partial charge in [0.1, 0.15) is 5.41 Å². The predicted octanol–water partition coefficient (Wildman–Crippen LogP) is 1.57. The standard InChI is InChI=1S/C20H24N2O4/c1-2-11-21-13-20(19(25)26)14-22(12-16(20)18(21)24)17(23)10-6-9-15-7-4-3-5-8-15/h2-5,7-8,16H,1,6,9-14H2,(H,25,26)/t16-,20+/m1/s1. The van der Waals surface area contributed by atoms with E-state index in [-0.39, 0.29) is 31.4 Å². The van der Waals surface area contributed by atoms with Crippen molar-refractivity contribution in [3.05, 3.63) is 48.6 Å². The van der Waals surface area contributed by atoms with Gasteiger partial charge in [-0.2, -0.15) is 0 Å². The van der Waals surface area contributed by atoms with Gasteiger partial charge in [0.15, 0.2) is 0 Å². The molecule has 0 bridgehead atoms. The van der Waals surface area contributed by atoms with E-state index in [0.717, 1.165) is 6.42 Å². The molecular formula is C20H24N2O4. The first-order valence-electron chi connectivity index (χ1n) is 8.93. The number of carbonyl (C=O) groups is 3. The Bertz CT molecular complexity index is 718. The highest BCUT2D eigenvalue weighted by molar-refractivity contribution is 5.94. The minimum Gasteiger partial charge on any atom is -0.481 e. The van der Waals surface area contributed by atoms with E-state index in [9.17, 15) is 19.5 Å². The van der Waals surface area contributed by atoms with Gasteiger partial charge in [0.05, 0.1) is 5.92 Å². The van der Waals surface area contributed by atoms with E-state index in [1.165, 1.54) is 10.5 Å². The summed E-state index contributed by atoms with van der Waals surface area (Å²) in [4.78, 5) is 40.1. The van der Waals surface area contributed by atoms with Crippen molar-refractivity contribution in [1.82, 2.24) is 9.80 Å². The lowest BCUT2D eigenvalue weighted by molar-refractivity contribution is -0.150. The van der Waals surface area contributed by atoms with Crippen LogP contribution in [0.4, 0.5) is 0 Å². The molecule has 0 aromatic heterocycles. The van der Waals surface area contributed by atoms with Crippen LogP contribution in [0, 0.1) is 11.3 Å². The molecule has 0 unspecified atom stereocenters. The number of amides is 2. The lowest BCUT2D eigenvalue weighted by atomic mass is 9.81. The van der Waals surface area contributed by atoms with Gasteiger partial charge in [0.2, 0.25) is 11.8 Å². The average molecular weight is 356 g/mol. The number of benzene rings is 1. The van der Waals surface area contributed by atoms with Crippen molar-refractivity contribution < 1.29 is 19.5 Å². The second-order valence-electron chi connectivity index (χ2n) is 7.13. The second kappa shape index (κ2) is 7.32. The van der Waals surface area contributed by atoms with Crippen LogP contribution in [-0.2, 0) is 20.8 Å². The zero-order chi connectivity index (χ0) is 18.7. The molecule has 0 saturated carbocycles. The van der Waals surface area contributed by atoms with Crippen LogP contribution < -0.4 is 0 Å². The Kier molecular flexibility index (Phi) is 5.11. The van der Waals surface area contributed by atoms with Crippen LogP contribution in [0.3, 0.4) is 0 Å². The summed E-state index contributed by atoms with van der Waals surface area (Å²) in [5.74, 6) is -1.91. The SMILES string of the molecule is C=CCN1C[C@]2(C(=O)O)CN(C(=O)CCCc3ccccc3)C[C@@H]2C1=O. The smallest absolute Gasteiger partial charge is 0.314 e. The largest absolute Gasteiger partial charge is 0.481 e. The molecule has 0 spiro atoms. The molecule has 1 aromatic rings. The van der Waals surface area contributed by atoms with E-state index in [2.05, 4.69) is 6.58 Å². The van der Waals surface area contributed by atoms with Crippen LogP contribution in [0.2, 0.25) is 0 Å². The minimum atomic E-state index is -1.19. The third-order valence-electron chi connectivity index (χ3n) is 5.45. The number of likely N-dealkylation sites (tertiary alicyclic amines) is 2. The molecule has 2 heterocycles. The van der Waals surface area contributed by atoms with Crippen LogP contribution in [0.1, 0.15) is 18.4 Å². The van der Waals surface area contributed by atoms with E-state index < -0.39 is 17.3 Å². The number of aliphatic carboxylic acids is 1. The molecule has 6 heteroatoms. The Labute approximate surface area is 153 Å². The van der Waals surface area contributed by atoms with Gasteiger partial charge in [-0.05, 0) is 18.4 Å². The van der Waals surface area contributed by atoms with Crippen molar-refractivity contribution in [2.24, 2.45) is 11.3 Å². The number of carboxylic acids is 1. The first kappa shape index (κ1) is 18.2. The lowest BCUT2D eigenvalue weighted by Gasteiger charge is -2.24. The first-order valence-corrected chi connectivity index (χ1v) is 8.93. The third kappa shape index (κ3) is 3.23. The summed E-state index contributed by atoms with van der Waals surface area (Å²) in [5.41, 5.74) is -0.00863. The maximum atomic E-state index is 12.5. The van der Waals surface area contributed by atoms with Crippen molar-refractivity contribution in [3.63, 3.8) is 0 Å². The fourth-order valence-corrected chi connectivity index (χ4v) is 4.06. The summed E-state index contributed by atoms with van der Waals surface area (Å²) < 4.78 is 0. The zero-order valence-electron chi connectivity index (χ0n) is 14.8. The van der Waals surface area contributed by atoms with E-state index in [1.807, 2.05) is 30.3 Å². The monoisotopic (exact) mass is 356 g/mol. The number of carbonyl (C=O) groups excluding carboxylic acids is 2.